The first-order chi connectivity index (χ1) is 14.9. The monoisotopic (exact) mass is 508 g/mol. The maximum atomic E-state index is 13.4. The molecule has 1 aliphatic heterocycles. The molecule has 1 fully saturated rings. The Labute approximate surface area is 192 Å². The molecule has 0 unspecified atom stereocenters. The van der Waals surface area contributed by atoms with Crippen LogP contribution in [0.3, 0.4) is 0 Å². The molecule has 164 valence electrons. The predicted molar refractivity (Wildman–Crippen MR) is 123 cm³/mol. The molecular weight excluding hydrogens is 487 g/mol. The van der Waals surface area contributed by atoms with Gasteiger partial charge in [0.05, 0.1) is 10.2 Å². The SMILES string of the molecule is CSc1ccc(NC(=O)N2CCC(C(=O)C(=Nc3ccc(F)c(Br)c3)NO)CC2)cc1. The normalized spacial score (nSPS) is 15.0. The summed E-state index contributed by atoms with van der Waals surface area (Å²) in [6.45, 7) is 0.817. The number of amidine groups is 1. The summed E-state index contributed by atoms with van der Waals surface area (Å²) in [6, 6.07) is 11.4. The highest BCUT2D eigenvalue weighted by molar-refractivity contribution is 9.10. The molecule has 3 rings (SSSR count). The number of carbonyl (C=O) groups is 2. The van der Waals surface area contributed by atoms with Crippen molar-refractivity contribution in [2.24, 2.45) is 10.9 Å². The van der Waals surface area contributed by atoms with E-state index in [-0.39, 0.29) is 28.0 Å². The minimum atomic E-state index is -0.449. The summed E-state index contributed by atoms with van der Waals surface area (Å²) in [6.07, 6.45) is 2.89. The number of nitrogens with one attached hydrogen (secondary N) is 2. The van der Waals surface area contributed by atoms with E-state index in [9.17, 15) is 19.2 Å². The van der Waals surface area contributed by atoms with Crippen LogP contribution >= 0.6 is 27.7 Å². The lowest BCUT2D eigenvalue weighted by atomic mass is 9.92. The zero-order chi connectivity index (χ0) is 22.4. The quantitative estimate of drug-likeness (QED) is 0.232. The number of nitrogens with zero attached hydrogens (tertiary/aromatic N) is 2. The highest BCUT2D eigenvalue weighted by atomic mass is 79.9. The standard InChI is InChI=1S/C21H22BrFN4O3S/c1-31-16-5-2-14(3-6-16)25-21(29)27-10-8-13(9-11-27)19(28)20(26-30)24-15-4-7-18(23)17(22)12-15/h2-7,12-13,30H,8-11H2,1H3,(H,24,26)(H,25,29). The topological polar surface area (TPSA) is 94.0 Å². The van der Waals surface area contributed by atoms with Gasteiger partial charge in [0.25, 0.3) is 0 Å². The molecular formula is C21H22BrFN4O3S. The number of carbonyl (C=O) groups excluding carboxylic acids is 2. The van der Waals surface area contributed by atoms with E-state index in [2.05, 4.69) is 26.2 Å². The molecule has 2 aromatic rings. The summed E-state index contributed by atoms with van der Waals surface area (Å²) >= 11 is 4.69. The summed E-state index contributed by atoms with van der Waals surface area (Å²) in [5, 5.41) is 12.3. The Morgan fingerprint density at radius 2 is 1.87 bits per heavy atom. The van der Waals surface area contributed by atoms with Crippen molar-refractivity contribution in [3.63, 3.8) is 0 Å². The number of halogens is 2. The number of hydrogen-bond donors (Lipinski definition) is 3. The van der Waals surface area contributed by atoms with Crippen molar-refractivity contribution in [2.75, 3.05) is 24.7 Å². The van der Waals surface area contributed by atoms with Gasteiger partial charge in [-0.05, 0) is 77.5 Å². The molecule has 7 nitrogen and oxygen atoms in total. The maximum Gasteiger partial charge on any atom is 0.321 e. The molecule has 0 bridgehead atoms. The molecule has 0 spiro atoms. The van der Waals surface area contributed by atoms with Gasteiger partial charge in [-0.2, -0.15) is 0 Å². The second-order valence-corrected chi connectivity index (χ2v) is 8.69. The fraction of sp³-hybridized carbons (Fsp3) is 0.286. The Hall–Kier alpha value is -2.43. The largest absolute Gasteiger partial charge is 0.324 e. The summed E-state index contributed by atoms with van der Waals surface area (Å²) in [5.41, 5.74) is 2.89. The number of thioether (sulfide) groups is 1. The van der Waals surface area contributed by atoms with Gasteiger partial charge in [-0.3, -0.25) is 10.0 Å². The number of rotatable bonds is 5. The molecule has 31 heavy (non-hydrogen) atoms. The van der Waals surface area contributed by atoms with Crippen molar-refractivity contribution >= 4 is 56.7 Å². The molecule has 1 aliphatic rings. The van der Waals surface area contributed by atoms with Gasteiger partial charge in [-0.1, -0.05) is 0 Å². The number of amides is 2. The zero-order valence-corrected chi connectivity index (χ0v) is 19.2. The molecule has 2 aromatic carbocycles. The Kier molecular flexibility index (Phi) is 8.05. The number of urea groups is 1. The Balaban J connectivity index is 1.58. The summed E-state index contributed by atoms with van der Waals surface area (Å²) < 4.78 is 13.6. The van der Waals surface area contributed by atoms with Crippen LogP contribution in [-0.2, 0) is 4.79 Å². The number of hydrogen-bond acceptors (Lipinski definition) is 5. The smallest absolute Gasteiger partial charge is 0.321 e. The molecule has 1 heterocycles. The van der Waals surface area contributed by atoms with E-state index in [4.69, 9.17) is 0 Å². The van der Waals surface area contributed by atoms with Crippen LogP contribution in [0.1, 0.15) is 12.8 Å². The van der Waals surface area contributed by atoms with Crippen molar-refractivity contribution in [1.82, 2.24) is 10.4 Å². The molecule has 0 aliphatic carbocycles. The molecule has 0 radical (unpaired) electrons. The third-order valence-electron chi connectivity index (χ3n) is 4.98. The van der Waals surface area contributed by atoms with Crippen LogP contribution in [0.15, 0.2) is 56.8 Å². The van der Waals surface area contributed by atoms with E-state index >= 15 is 0 Å². The van der Waals surface area contributed by atoms with Gasteiger partial charge in [-0.15, -0.1) is 11.8 Å². The number of Topliss-reactive ketones (excluding diaryl/α,β-unsaturated/α-hetero) is 1. The first-order valence-electron chi connectivity index (χ1n) is 9.59. The zero-order valence-electron chi connectivity index (χ0n) is 16.8. The van der Waals surface area contributed by atoms with E-state index < -0.39 is 5.82 Å². The van der Waals surface area contributed by atoms with Crippen molar-refractivity contribution in [2.45, 2.75) is 17.7 Å². The van der Waals surface area contributed by atoms with Crippen LogP contribution in [-0.4, -0.2) is 47.1 Å². The summed E-state index contributed by atoms with van der Waals surface area (Å²) in [7, 11) is 0. The van der Waals surface area contributed by atoms with Gasteiger partial charge >= 0.3 is 6.03 Å². The molecule has 0 atom stereocenters. The maximum absolute atomic E-state index is 13.4. The molecule has 2 amide bonds. The highest BCUT2D eigenvalue weighted by Crippen LogP contribution is 2.24. The van der Waals surface area contributed by atoms with Crippen molar-refractivity contribution in [3.8, 4) is 0 Å². The lowest BCUT2D eigenvalue weighted by molar-refractivity contribution is -0.118. The number of aliphatic imine (C=N–C) groups is 1. The lowest BCUT2D eigenvalue weighted by Gasteiger charge is -2.31. The molecule has 0 aromatic heterocycles. The van der Waals surface area contributed by atoms with E-state index in [1.165, 1.54) is 18.2 Å². The number of piperidine rings is 1. The van der Waals surface area contributed by atoms with Crippen LogP contribution in [0.25, 0.3) is 0 Å². The van der Waals surface area contributed by atoms with Gasteiger partial charge in [0.2, 0.25) is 5.78 Å². The van der Waals surface area contributed by atoms with Gasteiger partial charge in [-0.25, -0.2) is 19.7 Å². The van der Waals surface area contributed by atoms with E-state index in [0.29, 0.717) is 37.3 Å². The molecule has 1 saturated heterocycles. The summed E-state index contributed by atoms with van der Waals surface area (Å²) in [5.74, 6) is -1.40. The predicted octanol–water partition coefficient (Wildman–Crippen LogP) is 4.83. The minimum Gasteiger partial charge on any atom is -0.324 e. The van der Waals surface area contributed by atoms with Crippen LogP contribution in [0.2, 0.25) is 0 Å². The van der Waals surface area contributed by atoms with Gasteiger partial charge in [0, 0.05) is 29.6 Å². The van der Waals surface area contributed by atoms with Crippen molar-refractivity contribution < 1.29 is 19.2 Å². The first kappa shape index (κ1) is 23.2. The second-order valence-electron chi connectivity index (χ2n) is 6.95. The fourth-order valence-electron chi connectivity index (χ4n) is 3.23. The Morgan fingerprint density at radius 3 is 2.45 bits per heavy atom. The second kappa shape index (κ2) is 10.7. The molecule has 0 saturated carbocycles. The Morgan fingerprint density at radius 1 is 1.19 bits per heavy atom. The molecule has 3 N–H and O–H groups in total. The number of likely N-dealkylation sites (tertiary alicyclic amines) is 1. The van der Waals surface area contributed by atoms with Crippen LogP contribution in [0.5, 0.6) is 0 Å². The van der Waals surface area contributed by atoms with Gasteiger partial charge < -0.3 is 10.2 Å². The average molecular weight is 509 g/mol. The van der Waals surface area contributed by atoms with Crippen LogP contribution in [0, 0.1) is 11.7 Å². The minimum absolute atomic E-state index is 0.209. The summed E-state index contributed by atoms with van der Waals surface area (Å²) in [4.78, 5) is 32.1. The lowest BCUT2D eigenvalue weighted by Crippen LogP contribution is -2.44. The van der Waals surface area contributed by atoms with Crippen LogP contribution < -0.4 is 10.8 Å². The number of anilines is 1. The van der Waals surface area contributed by atoms with Crippen LogP contribution in [0.4, 0.5) is 20.6 Å². The fourth-order valence-corrected chi connectivity index (χ4v) is 4.01. The van der Waals surface area contributed by atoms with Gasteiger partial charge in [0.1, 0.15) is 5.82 Å². The van der Waals surface area contributed by atoms with E-state index in [0.717, 1.165) is 4.90 Å². The number of benzene rings is 2. The average Bonchev–Trinajstić information content (AvgIpc) is 2.80. The van der Waals surface area contributed by atoms with Crippen molar-refractivity contribution in [3.05, 3.63) is 52.8 Å². The number of hydroxylamine groups is 1. The van der Waals surface area contributed by atoms with E-state index in [1.54, 1.807) is 16.7 Å². The van der Waals surface area contributed by atoms with E-state index in [1.807, 2.05) is 36.0 Å². The third kappa shape index (κ3) is 6.05. The first-order valence-corrected chi connectivity index (χ1v) is 11.6. The Bertz CT molecular complexity index is 979. The highest BCUT2D eigenvalue weighted by Gasteiger charge is 2.30. The number of ketones is 1. The van der Waals surface area contributed by atoms with Gasteiger partial charge in [0.15, 0.2) is 5.84 Å². The third-order valence-corrected chi connectivity index (χ3v) is 6.33. The molecule has 10 heteroatoms. The van der Waals surface area contributed by atoms with Crippen molar-refractivity contribution in [1.29, 1.82) is 0 Å².